The summed E-state index contributed by atoms with van der Waals surface area (Å²) < 4.78 is 9.55. The number of carbonyl (C=O) groups excluding carboxylic acids is 2. The van der Waals surface area contributed by atoms with Crippen LogP contribution in [-0.4, -0.2) is 44.3 Å². The Morgan fingerprint density at radius 3 is 2.50 bits per heavy atom. The highest BCUT2D eigenvalue weighted by atomic mass is 16.5. The summed E-state index contributed by atoms with van der Waals surface area (Å²) in [7, 11) is 1.41. The molecule has 0 aliphatic rings. The number of hydrogen-bond donors (Lipinski definition) is 2. The predicted octanol–water partition coefficient (Wildman–Crippen LogP) is 0.200. The van der Waals surface area contributed by atoms with E-state index in [1.165, 1.54) is 7.11 Å². The van der Waals surface area contributed by atoms with E-state index >= 15 is 0 Å². The Morgan fingerprint density at radius 1 is 1.28 bits per heavy atom. The van der Waals surface area contributed by atoms with E-state index in [1.54, 1.807) is 0 Å². The van der Waals surface area contributed by atoms with Gasteiger partial charge in [-0.05, 0) is 33.1 Å². The van der Waals surface area contributed by atoms with Gasteiger partial charge in [0, 0.05) is 12.6 Å². The minimum Gasteiger partial charge on any atom is -0.464 e. The van der Waals surface area contributed by atoms with E-state index in [9.17, 15) is 9.59 Å². The van der Waals surface area contributed by atoms with Gasteiger partial charge >= 0.3 is 5.97 Å². The fourth-order valence-electron chi connectivity index (χ4n) is 1.27. The van der Waals surface area contributed by atoms with Gasteiger partial charge in [-0.3, -0.25) is 9.59 Å². The zero-order valence-electron chi connectivity index (χ0n) is 11.5. The number of nitrogens with one attached hydrogen (secondary N) is 1. The van der Waals surface area contributed by atoms with Crippen molar-refractivity contribution >= 4 is 11.9 Å². The molecule has 0 aromatic heterocycles. The van der Waals surface area contributed by atoms with Crippen LogP contribution in [-0.2, 0) is 19.1 Å². The lowest BCUT2D eigenvalue weighted by Crippen LogP contribution is -2.33. The number of rotatable bonds is 9. The first-order valence-electron chi connectivity index (χ1n) is 6.05. The van der Waals surface area contributed by atoms with Gasteiger partial charge < -0.3 is 20.5 Å². The number of amides is 1. The summed E-state index contributed by atoms with van der Waals surface area (Å²) in [5, 5.41) is 2.39. The number of ether oxygens (including phenoxy) is 2. The van der Waals surface area contributed by atoms with Gasteiger partial charge in [-0.15, -0.1) is 0 Å². The van der Waals surface area contributed by atoms with Gasteiger partial charge in [-0.2, -0.15) is 0 Å². The van der Waals surface area contributed by atoms with E-state index in [1.807, 2.05) is 13.8 Å². The summed E-state index contributed by atoms with van der Waals surface area (Å²) >= 11 is 0. The molecule has 0 saturated heterocycles. The van der Waals surface area contributed by atoms with Crippen LogP contribution in [0.25, 0.3) is 0 Å². The first-order chi connectivity index (χ1) is 8.35. The molecule has 0 aliphatic carbocycles. The maximum Gasteiger partial charge on any atom is 0.325 e. The zero-order valence-corrected chi connectivity index (χ0v) is 11.5. The van der Waals surface area contributed by atoms with Crippen molar-refractivity contribution in [3.8, 4) is 0 Å². The van der Waals surface area contributed by atoms with Crippen molar-refractivity contribution in [1.82, 2.24) is 5.32 Å². The van der Waals surface area contributed by atoms with Crippen molar-refractivity contribution in [2.24, 2.45) is 5.73 Å². The highest BCUT2D eigenvalue weighted by Gasteiger charge is 2.10. The summed E-state index contributed by atoms with van der Waals surface area (Å²) in [6.45, 7) is 4.10. The summed E-state index contributed by atoms with van der Waals surface area (Å²) in [5.41, 5.74) is 5.64. The highest BCUT2D eigenvalue weighted by Crippen LogP contribution is 2.08. The second-order valence-corrected chi connectivity index (χ2v) is 4.88. The third-order valence-corrected chi connectivity index (χ3v) is 2.18. The SMILES string of the molecule is COCC(=O)NCC(=O)OCCCCC(C)(C)N. The van der Waals surface area contributed by atoms with E-state index in [-0.39, 0.29) is 24.6 Å². The van der Waals surface area contributed by atoms with E-state index in [2.05, 4.69) is 10.1 Å². The average Bonchev–Trinajstić information content (AvgIpc) is 2.25. The number of methoxy groups -OCH3 is 1. The topological polar surface area (TPSA) is 90.6 Å². The van der Waals surface area contributed by atoms with Gasteiger partial charge in [0.1, 0.15) is 13.2 Å². The zero-order chi connectivity index (χ0) is 14.0. The lowest BCUT2D eigenvalue weighted by atomic mass is 9.99. The normalized spacial score (nSPS) is 11.1. The summed E-state index contributed by atoms with van der Waals surface area (Å²) in [4.78, 5) is 22.2. The molecule has 106 valence electrons. The molecule has 0 saturated carbocycles. The van der Waals surface area contributed by atoms with Crippen LogP contribution in [0.2, 0.25) is 0 Å². The summed E-state index contributed by atoms with van der Waals surface area (Å²) in [5.74, 6) is -0.772. The lowest BCUT2D eigenvalue weighted by Gasteiger charge is -2.17. The third-order valence-electron chi connectivity index (χ3n) is 2.18. The van der Waals surface area contributed by atoms with Crippen LogP contribution < -0.4 is 11.1 Å². The molecule has 0 aromatic carbocycles. The minimum absolute atomic E-state index is 0.0567. The van der Waals surface area contributed by atoms with Gasteiger partial charge in [0.25, 0.3) is 0 Å². The standard InChI is InChI=1S/C12H24N2O4/c1-12(2,13)6-4-5-7-18-11(16)8-14-10(15)9-17-3/h4-9,13H2,1-3H3,(H,14,15). The molecule has 0 aliphatic heterocycles. The smallest absolute Gasteiger partial charge is 0.325 e. The molecule has 0 rings (SSSR count). The first-order valence-corrected chi connectivity index (χ1v) is 6.05. The minimum atomic E-state index is -0.438. The Balaban J connectivity index is 3.46. The molecule has 0 radical (unpaired) electrons. The molecule has 18 heavy (non-hydrogen) atoms. The molecule has 1 amide bonds. The third kappa shape index (κ3) is 11.3. The predicted molar refractivity (Wildman–Crippen MR) is 68.0 cm³/mol. The van der Waals surface area contributed by atoms with E-state index < -0.39 is 5.97 Å². The molecule has 0 aromatic rings. The number of unbranched alkanes of at least 4 members (excludes halogenated alkanes) is 1. The quantitative estimate of drug-likeness (QED) is 0.456. The maximum absolute atomic E-state index is 11.2. The van der Waals surface area contributed by atoms with Crippen LogP contribution in [0, 0.1) is 0 Å². The Morgan fingerprint density at radius 2 is 1.94 bits per heavy atom. The largest absolute Gasteiger partial charge is 0.464 e. The molecule has 0 fully saturated rings. The van der Waals surface area contributed by atoms with Crippen LogP contribution in [0.3, 0.4) is 0 Å². The van der Waals surface area contributed by atoms with Crippen molar-refractivity contribution in [3.63, 3.8) is 0 Å². The molecule has 0 atom stereocenters. The van der Waals surface area contributed by atoms with Gasteiger partial charge in [0.2, 0.25) is 5.91 Å². The molecule has 3 N–H and O–H groups in total. The molecule has 0 heterocycles. The monoisotopic (exact) mass is 260 g/mol. The first kappa shape index (κ1) is 16.9. The Hall–Kier alpha value is -1.14. The number of carbonyl (C=O) groups is 2. The fourth-order valence-corrected chi connectivity index (χ4v) is 1.27. The Bertz CT molecular complexity index is 261. The van der Waals surface area contributed by atoms with Crippen LogP contribution in [0.4, 0.5) is 0 Å². The van der Waals surface area contributed by atoms with Crippen molar-refractivity contribution in [3.05, 3.63) is 0 Å². The number of hydrogen-bond acceptors (Lipinski definition) is 5. The molecular weight excluding hydrogens is 236 g/mol. The molecule has 0 spiro atoms. The second-order valence-electron chi connectivity index (χ2n) is 4.88. The van der Waals surface area contributed by atoms with Crippen molar-refractivity contribution < 1.29 is 19.1 Å². The number of nitrogens with two attached hydrogens (primary N) is 1. The molecule has 6 nitrogen and oxygen atoms in total. The van der Waals surface area contributed by atoms with Crippen molar-refractivity contribution in [1.29, 1.82) is 0 Å². The highest BCUT2D eigenvalue weighted by molar-refractivity contribution is 5.82. The van der Waals surface area contributed by atoms with Gasteiger partial charge in [0.05, 0.1) is 6.61 Å². The maximum atomic E-state index is 11.2. The molecular formula is C12H24N2O4. The molecule has 6 heteroatoms. The van der Waals surface area contributed by atoms with E-state index in [4.69, 9.17) is 10.5 Å². The van der Waals surface area contributed by atoms with Gasteiger partial charge in [0.15, 0.2) is 0 Å². The van der Waals surface area contributed by atoms with Gasteiger partial charge in [-0.25, -0.2) is 0 Å². The summed E-state index contributed by atoms with van der Waals surface area (Å²) in [6, 6.07) is 0. The summed E-state index contributed by atoms with van der Waals surface area (Å²) in [6.07, 6.45) is 2.57. The van der Waals surface area contributed by atoms with Crippen LogP contribution >= 0.6 is 0 Å². The fraction of sp³-hybridized carbons (Fsp3) is 0.833. The van der Waals surface area contributed by atoms with Crippen molar-refractivity contribution in [2.75, 3.05) is 26.9 Å². The molecule has 0 bridgehead atoms. The molecule has 0 unspecified atom stereocenters. The van der Waals surface area contributed by atoms with E-state index in [0.717, 1.165) is 19.3 Å². The second kappa shape index (κ2) is 8.88. The van der Waals surface area contributed by atoms with Crippen LogP contribution in [0.5, 0.6) is 0 Å². The lowest BCUT2D eigenvalue weighted by molar-refractivity contribution is -0.144. The number of esters is 1. The van der Waals surface area contributed by atoms with E-state index in [0.29, 0.717) is 6.61 Å². The Labute approximate surface area is 108 Å². The van der Waals surface area contributed by atoms with Gasteiger partial charge in [-0.1, -0.05) is 0 Å². The van der Waals surface area contributed by atoms with Crippen LogP contribution in [0.1, 0.15) is 33.1 Å². The average molecular weight is 260 g/mol. The van der Waals surface area contributed by atoms with Crippen LogP contribution in [0.15, 0.2) is 0 Å². The van der Waals surface area contributed by atoms with Crippen molar-refractivity contribution in [2.45, 2.75) is 38.6 Å². The Kier molecular flexibility index (Phi) is 8.32.